The third-order valence-electron chi connectivity index (χ3n) is 7.36. The number of methoxy groups -OCH3 is 1. The summed E-state index contributed by atoms with van der Waals surface area (Å²) >= 11 is 0. The fourth-order valence-electron chi connectivity index (χ4n) is 5.03. The first kappa shape index (κ1) is 25.9. The first-order valence-electron chi connectivity index (χ1n) is 12.8. The number of nitrogens with zero attached hydrogens (tertiary/aromatic N) is 2. The van der Waals surface area contributed by atoms with Crippen molar-refractivity contribution in [3.05, 3.63) is 53.2 Å². The molecule has 1 saturated heterocycles. The Morgan fingerprint density at radius 2 is 2.08 bits per heavy atom. The van der Waals surface area contributed by atoms with Crippen molar-refractivity contribution in [2.24, 2.45) is 11.3 Å². The second-order valence-corrected chi connectivity index (χ2v) is 10.1. The molecule has 1 aromatic heterocycles. The van der Waals surface area contributed by atoms with Gasteiger partial charge in [-0.2, -0.15) is 0 Å². The maximum atomic E-state index is 13.0. The van der Waals surface area contributed by atoms with E-state index in [1.165, 1.54) is 0 Å². The zero-order chi connectivity index (χ0) is 25.7. The number of anilines is 1. The molecule has 1 atom stereocenters. The molecule has 2 aromatic rings. The average Bonchev–Trinajstić information content (AvgIpc) is 2.88. The highest BCUT2D eigenvalue weighted by Gasteiger charge is 2.44. The number of nitrogens with one attached hydrogen (secondary N) is 1. The third kappa shape index (κ3) is 5.62. The lowest BCUT2D eigenvalue weighted by Gasteiger charge is -2.42. The number of pyridine rings is 1. The molecule has 0 aliphatic carbocycles. The zero-order valence-corrected chi connectivity index (χ0v) is 21.8. The predicted octanol–water partition coefficient (Wildman–Crippen LogP) is 4.55. The van der Waals surface area contributed by atoms with Crippen molar-refractivity contribution in [2.75, 3.05) is 39.2 Å². The molecule has 1 spiro atoms. The van der Waals surface area contributed by atoms with Crippen LogP contribution in [0.15, 0.2) is 36.5 Å². The maximum Gasteiger partial charge on any atom is 0.232 e. The lowest BCUT2D eigenvalue weighted by Crippen LogP contribution is -2.49. The summed E-state index contributed by atoms with van der Waals surface area (Å²) in [5.74, 6) is 1.95. The Morgan fingerprint density at radius 3 is 2.81 bits per heavy atom. The van der Waals surface area contributed by atoms with Crippen LogP contribution >= 0.6 is 0 Å². The highest BCUT2D eigenvalue weighted by atomic mass is 16.5. The van der Waals surface area contributed by atoms with Gasteiger partial charge in [-0.1, -0.05) is 26.0 Å². The number of aromatic nitrogens is 1. The van der Waals surface area contributed by atoms with E-state index in [4.69, 9.17) is 9.47 Å². The number of allylic oxidation sites excluding steroid dienone is 1. The molecule has 1 aromatic carbocycles. The number of amides is 1. The van der Waals surface area contributed by atoms with Crippen LogP contribution in [0, 0.1) is 11.3 Å². The quantitative estimate of drug-likeness (QED) is 0.519. The number of rotatable bonds is 9. The number of para-hydroxylation sites is 1. The number of carbonyl (C=O) groups is 2. The largest absolute Gasteiger partial charge is 0.493 e. The number of carbonyl (C=O) groups excluding carboxylic acids is 2. The van der Waals surface area contributed by atoms with Gasteiger partial charge in [-0.25, -0.2) is 4.98 Å². The number of ketones is 1. The Kier molecular flexibility index (Phi) is 8.09. The van der Waals surface area contributed by atoms with Gasteiger partial charge in [-0.3, -0.25) is 9.59 Å². The summed E-state index contributed by atoms with van der Waals surface area (Å²) in [6, 6.07) is 7.84. The Labute approximate surface area is 213 Å². The first-order chi connectivity index (χ1) is 17.3. The van der Waals surface area contributed by atoms with E-state index in [0.29, 0.717) is 36.8 Å². The van der Waals surface area contributed by atoms with Crippen molar-refractivity contribution >= 4 is 23.6 Å². The van der Waals surface area contributed by atoms with E-state index in [0.717, 1.165) is 49.0 Å². The fraction of sp³-hybridized carbons (Fsp3) is 0.483. The molecule has 0 saturated carbocycles. The number of fused-ring (bicyclic) bond motifs is 1. The number of piperidine rings is 1. The first-order valence-corrected chi connectivity index (χ1v) is 12.8. The van der Waals surface area contributed by atoms with E-state index in [9.17, 15) is 9.59 Å². The molecule has 1 amide bonds. The standard InChI is InChI=1S/C29H37N3O4/c1-5-15-36-26-22(7-6-8-25(26)35-4)16-20(2)24(33)10-9-21-17-23-18-29(11-13-32(3)14-12-29)28(34)31-27(23)30-19-21/h6-10,17,19-20H,5,11-16,18H2,1-4H3,(H,30,31,34)/b10-9+. The number of likely N-dealkylation sites (tertiary alicyclic amines) is 1. The molecule has 36 heavy (non-hydrogen) atoms. The minimum absolute atomic E-state index is 0.0390. The molecule has 1 fully saturated rings. The zero-order valence-electron chi connectivity index (χ0n) is 21.8. The van der Waals surface area contributed by atoms with E-state index >= 15 is 0 Å². The topological polar surface area (TPSA) is 80.8 Å². The minimum Gasteiger partial charge on any atom is -0.493 e. The molecule has 7 nitrogen and oxygen atoms in total. The van der Waals surface area contributed by atoms with Gasteiger partial charge in [0.05, 0.1) is 19.1 Å². The third-order valence-corrected chi connectivity index (χ3v) is 7.36. The van der Waals surface area contributed by atoms with Gasteiger partial charge in [0.1, 0.15) is 5.82 Å². The fourth-order valence-corrected chi connectivity index (χ4v) is 5.03. The van der Waals surface area contributed by atoms with Gasteiger partial charge >= 0.3 is 0 Å². The Bertz CT molecular complexity index is 1140. The molecule has 2 aliphatic rings. The van der Waals surface area contributed by atoms with Crippen LogP contribution in [-0.2, 0) is 22.4 Å². The highest BCUT2D eigenvalue weighted by molar-refractivity contribution is 5.98. The molecule has 0 radical (unpaired) electrons. The predicted molar refractivity (Wildman–Crippen MR) is 141 cm³/mol. The summed E-state index contributed by atoms with van der Waals surface area (Å²) in [5, 5.41) is 3.02. The average molecular weight is 492 g/mol. The van der Waals surface area contributed by atoms with Gasteiger partial charge in [-0.15, -0.1) is 0 Å². The van der Waals surface area contributed by atoms with Crippen molar-refractivity contribution in [1.82, 2.24) is 9.88 Å². The number of hydrogen-bond donors (Lipinski definition) is 1. The van der Waals surface area contributed by atoms with Crippen molar-refractivity contribution in [3.8, 4) is 11.5 Å². The molecule has 0 bridgehead atoms. The SMILES string of the molecule is CCCOc1c(CC(C)C(=O)/C=C/c2cnc3c(c2)CC2(CCN(C)CC2)C(=O)N3)cccc1OC. The molecule has 4 rings (SSSR count). The molecule has 3 heterocycles. The highest BCUT2D eigenvalue weighted by Crippen LogP contribution is 2.41. The van der Waals surface area contributed by atoms with E-state index < -0.39 is 0 Å². The molecule has 192 valence electrons. The van der Waals surface area contributed by atoms with E-state index in [-0.39, 0.29) is 23.0 Å². The van der Waals surface area contributed by atoms with Gasteiger partial charge in [-0.05, 0) is 93.2 Å². The van der Waals surface area contributed by atoms with Gasteiger partial charge in [0.2, 0.25) is 5.91 Å². The Morgan fingerprint density at radius 1 is 1.31 bits per heavy atom. The van der Waals surface area contributed by atoms with Crippen LogP contribution in [0.25, 0.3) is 6.08 Å². The van der Waals surface area contributed by atoms with Crippen LogP contribution in [0.2, 0.25) is 0 Å². The summed E-state index contributed by atoms with van der Waals surface area (Å²) in [6.07, 6.45) is 9.00. The summed E-state index contributed by atoms with van der Waals surface area (Å²) in [4.78, 5) is 32.6. The van der Waals surface area contributed by atoms with Crippen LogP contribution in [0.3, 0.4) is 0 Å². The second-order valence-electron chi connectivity index (χ2n) is 10.1. The van der Waals surface area contributed by atoms with E-state index in [1.54, 1.807) is 19.4 Å². The van der Waals surface area contributed by atoms with Gasteiger partial charge in [0, 0.05) is 12.1 Å². The minimum atomic E-state index is -0.359. The normalized spacial score (nSPS) is 18.1. The summed E-state index contributed by atoms with van der Waals surface area (Å²) in [5.41, 5.74) is 2.51. The molecular weight excluding hydrogens is 454 g/mol. The lowest BCUT2D eigenvalue weighted by atomic mass is 9.71. The summed E-state index contributed by atoms with van der Waals surface area (Å²) < 4.78 is 11.4. The lowest BCUT2D eigenvalue weighted by molar-refractivity contribution is -0.128. The Hall–Kier alpha value is -3.19. The maximum absolute atomic E-state index is 13.0. The molecule has 1 N–H and O–H groups in total. The van der Waals surface area contributed by atoms with Crippen LogP contribution < -0.4 is 14.8 Å². The monoisotopic (exact) mass is 491 g/mol. The van der Waals surface area contributed by atoms with E-state index in [1.807, 2.05) is 31.2 Å². The van der Waals surface area contributed by atoms with Crippen molar-refractivity contribution in [1.29, 1.82) is 0 Å². The molecule has 2 aliphatic heterocycles. The van der Waals surface area contributed by atoms with E-state index in [2.05, 4.69) is 35.2 Å². The van der Waals surface area contributed by atoms with Crippen molar-refractivity contribution in [2.45, 2.75) is 46.0 Å². The van der Waals surface area contributed by atoms with Crippen LogP contribution in [-0.4, -0.2) is 55.4 Å². The van der Waals surface area contributed by atoms with Gasteiger partial charge in [0.25, 0.3) is 0 Å². The summed E-state index contributed by atoms with van der Waals surface area (Å²) in [6.45, 7) is 6.42. The van der Waals surface area contributed by atoms with Gasteiger partial charge in [0.15, 0.2) is 17.3 Å². The number of hydrogen-bond acceptors (Lipinski definition) is 6. The van der Waals surface area contributed by atoms with Crippen LogP contribution in [0.4, 0.5) is 5.82 Å². The smallest absolute Gasteiger partial charge is 0.232 e. The van der Waals surface area contributed by atoms with Crippen LogP contribution in [0.5, 0.6) is 11.5 Å². The Balaban J connectivity index is 1.45. The molecule has 7 heteroatoms. The van der Waals surface area contributed by atoms with Crippen molar-refractivity contribution < 1.29 is 19.1 Å². The summed E-state index contributed by atoms with van der Waals surface area (Å²) in [7, 11) is 3.72. The van der Waals surface area contributed by atoms with Crippen molar-refractivity contribution in [3.63, 3.8) is 0 Å². The van der Waals surface area contributed by atoms with Gasteiger partial charge < -0.3 is 19.7 Å². The van der Waals surface area contributed by atoms with Crippen LogP contribution in [0.1, 0.15) is 49.8 Å². The molecular formula is C29H37N3O4. The molecule has 1 unspecified atom stereocenters. The number of benzene rings is 1. The second kappa shape index (κ2) is 11.2. The number of ether oxygens (including phenoxy) is 2.